The molecule has 0 amide bonds. The molecule has 0 bridgehead atoms. The SMILES string of the molecule is CCN(Cc1ccccc1)S(=O)(=O)c1ccc(-c2cc(C)no2)s1. The van der Waals surface area contributed by atoms with Gasteiger partial charge in [-0.1, -0.05) is 42.4 Å². The molecule has 0 aliphatic heterocycles. The Bertz CT molecular complexity index is 914. The quantitative estimate of drug-likeness (QED) is 0.667. The Kier molecular flexibility index (Phi) is 4.84. The van der Waals surface area contributed by atoms with Gasteiger partial charge < -0.3 is 4.52 Å². The number of nitrogens with zero attached hydrogens (tertiary/aromatic N) is 2. The van der Waals surface area contributed by atoms with Crippen molar-refractivity contribution in [2.75, 3.05) is 6.54 Å². The minimum Gasteiger partial charge on any atom is -0.355 e. The van der Waals surface area contributed by atoms with Gasteiger partial charge in [-0.3, -0.25) is 0 Å². The second-order valence-corrected chi connectivity index (χ2v) is 8.62. The Balaban J connectivity index is 1.87. The summed E-state index contributed by atoms with van der Waals surface area (Å²) in [5.74, 6) is 0.588. The van der Waals surface area contributed by atoms with E-state index in [2.05, 4.69) is 5.16 Å². The molecule has 3 rings (SSSR count). The van der Waals surface area contributed by atoms with Gasteiger partial charge >= 0.3 is 0 Å². The highest BCUT2D eigenvalue weighted by Crippen LogP contribution is 2.33. The van der Waals surface area contributed by atoms with Crippen molar-refractivity contribution >= 4 is 21.4 Å². The van der Waals surface area contributed by atoms with E-state index < -0.39 is 10.0 Å². The van der Waals surface area contributed by atoms with Crippen LogP contribution in [0.25, 0.3) is 10.6 Å². The minimum atomic E-state index is -3.54. The first kappa shape index (κ1) is 16.9. The highest BCUT2D eigenvalue weighted by Gasteiger charge is 2.25. The van der Waals surface area contributed by atoms with E-state index in [1.54, 1.807) is 18.2 Å². The number of hydrogen-bond acceptors (Lipinski definition) is 5. The standard InChI is InChI=1S/C17H18N2O3S2/c1-3-19(12-14-7-5-4-6-8-14)24(20,21)17-10-9-16(23-17)15-11-13(2)18-22-15/h4-11H,3,12H2,1-2H3. The van der Waals surface area contributed by atoms with Gasteiger partial charge in [0.2, 0.25) is 0 Å². The van der Waals surface area contributed by atoms with Gasteiger partial charge in [0.1, 0.15) is 4.21 Å². The molecule has 0 saturated heterocycles. The second-order valence-electron chi connectivity index (χ2n) is 5.37. The summed E-state index contributed by atoms with van der Waals surface area (Å²) >= 11 is 1.20. The lowest BCUT2D eigenvalue weighted by molar-refractivity contribution is 0.425. The summed E-state index contributed by atoms with van der Waals surface area (Å²) < 4.78 is 32.8. The fourth-order valence-electron chi connectivity index (χ4n) is 2.35. The van der Waals surface area contributed by atoms with Crippen LogP contribution in [-0.2, 0) is 16.6 Å². The largest absolute Gasteiger partial charge is 0.355 e. The number of hydrogen-bond donors (Lipinski definition) is 0. The molecule has 24 heavy (non-hydrogen) atoms. The summed E-state index contributed by atoms with van der Waals surface area (Å²) in [4.78, 5) is 0.755. The lowest BCUT2D eigenvalue weighted by Crippen LogP contribution is -2.29. The van der Waals surface area contributed by atoms with Crippen LogP contribution in [0.3, 0.4) is 0 Å². The van der Waals surface area contributed by atoms with E-state index >= 15 is 0 Å². The molecule has 7 heteroatoms. The summed E-state index contributed by atoms with van der Waals surface area (Å²) in [6.07, 6.45) is 0. The van der Waals surface area contributed by atoms with E-state index in [1.807, 2.05) is 44.2 Å². The van der Waals surface area contributed by atoms with Gasteiger partial charge in [0.05, 0.1) is 10.6 Å². The fourth-order valence-corrected chi connectivity index (χ4v) is 5.20. The third-order valence-corrected chi connectivity index (χ3v) is 7.09. The molecular formula is C17H18N2O3S2. The summed E-state index contributed by atoms with van der Waals surface area (Å²) in [5, 5.41) is 3.84. The van der Waals surface area contributed by atoms with Crippen molar-refractivity contribution in [1.82, 2.24) is 9.46 Å². The van der Waals surface area contributed by atoms with Crippen LogP contribution in [0.5, 0.6) is 0 Å². The third kappa shape index (κ3) is 3.43. The van der Waals surface area contributed by atoms with Gasteiger partial charge in [0, 0.05) is 19.2 Å². The highest BCUT2D eigenvalue weighted by atomic mass is 32.2. The molecule has 3 aromatic rings. The smallest absolute Gasteiger partial charge is 0.252 e. The monoisotopic (exact) mass is 362 g/mol. The van der Waals surface area contributed by atoms with E-state index in [4.69, 9.17) is 4.52 Å². The van der Waals surface area contributed by atoms with E-state index in [-0.39, 0.29) is 0 Å². The molecule has 2 heterocycles. The Morgan fingerprint density at radius 1 is 1.17 bits per heavy atom. The molecule has 0 fully saturated rings. The highest BCUT2D eigenvalue weighted by molar-refractivity contribution is 7.91. The number of rotatable bonds is 6. The molecule has 0 radical (unpaired) electrons. The zero-order valence-electron chi connectivity index (χ0n) is 13.5. The summed E-state index contributed by atoms with van der Waals surface area (Å²) in [6, 6.07) is 14.8. The van der Waals surface area contributed by atoms with Gasteiger partial charge in [0.25, 0.3) is 10.0 Å². The molecule has 0 N–H and O–H groups in total. The van der Waals surface area contributed by atoms with E-state index in [1.165, 1.54) is 15.6 Å². The van der Waals surface area contributed by atoms with Crippen molar-refractivity contribution < 1.29 is 12.9 Å². The van der Waals surface area contributed by atoms with Crippen LogP contribution in [0.1, 0.15) is 18.2 Å². The van der Waals surface area contributed by atoms with Crippen molar-refractivity contribution in [3.63, 3.8) is 0 Å². The van der Waals surface area contributed by atoms with Crippen molar-refractivity contribution in [3.05, 3.63) is 59.8 Å². The van der Waals surface area contributed by atoms with E-state index in [9.17, 15) is 8.42 Å². The van der Waals surface area contributed by atoms with Gasteiger partial charge in [-0.15, -0.1) is 11.3 Å². The van der Waals surface area contributed by atoms with Crippen molar-refractivity contribution in [1.29, 1.82) is 0 Å². The first-order valence-electron chi connectivity index (χ1n) is 7.58. The summed E-state index contributed by atoms with van der Waals surface area (Å²) in [5.41, 5.74) is 1.73. The van der Waals surface area contributed by atoms with Crippen LogP contribution in [-0.4, -0.2) is 24.4 Å². The molecule has 1 aromatic carbocycles. The molecule has 0 spiro atoms. The Morgan fingerprint density at radius 2 is 1.92 bits per heavy atom. The minimum absolute atomic E-state index is 0.310. The van der Waals surface area contributed by atoms with Crippen molar-refractivity contribution in [2.24, 2.45) is 0 Å². The maximum atomic E-state index is 12.9. The van der Waals surface area contributed by atoms with Crippen LogP contribution >= 0.6 is 11.3 Å². The van der Waals surface area contributed by atoms with Gasteiger partial charge in [0.15, 0.2) is 5.76 Å². The lowest BCUT2D eigenvalue weighted by Gasteiger charge is -2.19. The lowest BCUT2D eigenvalue weighted by atomic mass is 10.2. The number of thiophene rings is 1. The topological polar surface area (TPSA) is 63.4 Å². The molecule has 0 aliphatic carbocycles. The third-order valence-electron chi connectivity index (χ3n) is 3.60. The maximum Gasteiger partial charge on any atom is 0.252 e. The van der Waals surface area contributed by atoms with E-state index in [0.717, 1.165) is 16.1 Å². The predicted molar refractivity (Wildman–Crippen MR) is 94.3 cm³/mol. The first-order valence-corrected chi connectivity index (χ1v) is 9.84. The molecule has 126 valence electrons. The molecule has 5 nitrogen and oxygen atoms in total. The average Bonchev–Trinajstić information content (AvgIpc) is 3.22. The predicted octanol–water partition coefficient (Wildman–Crippen LogP) is 3.92. The number of aromatic nitrogens is 1. The molecule has 0 aliphatic rings. The molecule has 2 aromatic heterocycles. The molecule has 0 saturated carbocycles. The Hall–Kier alpha value is -1.96. The summed E-state index contributed by atoms with van der Waals surface area (Å²) in [6.45, 7) is 4.44. The van der Waals surface area contributed by atoms with Crippen molar-refractivity contribution in [2.45, 2.75) is 24.6 Å². The van der Waals surface area contributed by atoms with E-state index in [0.29, 0.717) is 23.1 Å². The normalized spacial score (nSPS) is 12.0. The fraction of sp³-hybridized carbons (Fsp3) is 0.235. The van der Waals surface area contributed by atoms with Crippen molar-refractivity contribution in [3.8, 4) is 10.6 Å². The number of benzene rings is 1. The second kappa shape index (κ2) is 6.88. The van der Waals surface area contributed by atoms with Crippen LogP contribution < -0.4 is 0 Å². The van der Waals surface area contributed by atoms with Crippen LogP contribution in [0.15, 0.2) is 57.3 Å². The van der Waals surface area contributed by atoms with Gasteiger partial charge in [-0.2, -0.15) is 4.31 Å². The summed E-state index contributed by atoms with van der Waals surface area (Å²) in [7, 11) is -3.54. The first-order chi connectivity index (χ1) is 11.5. The van der Waals surface area contributed by atoms with Gasteiger partial charge in [-0.05, 0) is 24.6 Å². The molecule has 0 unspecified atom stereocenters. The molecular weight excluding hydrogens is 344 g/mol. The maximum absolute atomic E-state index is 12.9. The number of aryl methyl sites for hydroxylation is 1. The van der Waals surface area contributed by atoms with Crippen LogP contribution in [0, 0.1) is 6.92 Å². The Labute approximate surface area is 145 Å². The Morgan fingerprint density at radius 3 is 2.54 bits per heavy atom. The van der Waals surface area contributed by atoms with Gasteiger partial charge in [-0.25, -0.2) is 8.42 Å². The van der Waals surface area contributed by atoms with Crippen LogP contribution in [0.4, 0.5) is 0 Å². The van der Waals surface area contributed by atoms with Crippen LogP contribution in [0.2, 0.25) is 0 Å². The zero-order valence-corrected chi connectivity index (χ0v) is 15.1. The average molecular weight is 362 g/mol. The zero-order chi connectivity index (χ0) is 17.2. The molecule has 0 atom stereocenters. The number of sulfonamides is 1.